The number of benzene rings is 1. The highest BCUT2D eigenvalue weighted by Gasteiger charge is 2.38. The molecule has 3 rings (SSSR count). The quantitative estimate of drug-likeness (QED) is 0.623. The maximum absolute atomic E-state index is 10.6. The Bertz CT molecular complexity index is 649. The van der Waals surface area contributed by atoms with E-state index in [-0.39, 0.29) is 5.54 Å². The molecule has 4 heteroatoms. The van der Waals surface area contributed by atoms with Crippen LogP contribution in [0.3, 0.4) is 0 Å². The number of isocyanates is 1. The second-order valence-corrected chi connectivity index (χ2v) is 4.98. The van der Waals surface area contributed by atoms with Crippen molar-refractivity contribution in [3.63, 3.8) is 0 Å². The zero-order chi connectivity index (χ0) is 13.3. The molecule has 1 heterocycles. The predicted molar refractivity (Wildman–Crippen MR) is 72.0 cm³/mol. The average molecular weight is 253 g/mol. The van der Waals surface area contributed by atoms with E-state index >= 15 is 0 Å². The number of aryl methyl sites for hydroxylation is 1. The smallest absolute Gasteiger partial charge is 0.235 e. The standard InChI is InChI=1S/C15H15N3O/c1-12-16-8-9-18(12)14-5-2-4-13(10-14)15(17-11-19)6-3-7-15/h2,4-5,8-10H,3,6-7H2,1H3. The molecule has 2 aromatic rings. The van der Waals surface area contributed by atoms with E-state index in [1.807, 2.05) is 35.9 Å². The van der Waals surface area contributed by atoms with Gasteiger partial charge in [0.25, 0.3) is 0 Å². The molecule has 0 radical (unpaired) electrons. The van der Waals surface area contributed by atoms with Gasteiger partial charge in [-0.05, 0) is 43.9 Å². The first kappa shape index (κ1) is 11.9. The summed E-state index contributed by atoms with van der Waals surface area (Å²) in [6.45, 7) is 1.97. The summed E-state index contributed by atoms with van der Waals surface area (Å²) in [4.78, 5) is 18.9. The van der Waals surface area contributed by atoms with Crippen LogP contribution < -0.4 is 0 Å². The number of hydrogen-bond donors (Lipinski definition) is 0. The molecular weight excluding hydrogens is 238 g/mol. The summed E-state index contributed by atoms with van der Waals surface area (Å²) in [6, 6.07) is 8.17. The minimum absolute atomic E-state index is 0.341. The molecule has 1 aliphatic carbocycles. The SMILES string of the molecule is Cc1nccn1-c1cccc(C2(N=C=O)CCC2)c1. The average Bonchev–Trinajstić information content (AvgIpc) is 2.80. The Labute approximate surface area is 111 Å². The van der Waals surface area contributed by atoms with Gasteiger partial charge >= 0.3 is 0 Å². The van der Waals surface area contributed by atoms with Crippen LogP contribution >= 0.6 is 0 Å². The molecule has 1 aromatic heterocycles. The molecule has 96 valence electrons. The molecule has 0 spiro atoms. The Hall–Kier alpha value is -2.19. The van der Waals surface area contributed by atoms with Crippen molar-refractivity contribution in [2.45, 2.75) is 31.7 Å². The molecule has 0 unspecified atom stereocenters. The largest absolute Gasteiger partial charge is 0.304 e. The first-order valence-electron chi connectivity index (χ1n) is 6.45. The van der Waals surface area contributed by atoms with Gasteiger partial charge < -0.3 is 4.57 Å². The van der Waals surface area contributed by atoms with Crippen molar-refractivity contribution >= 4 is 6.08 Å². The van der Waals surface area contributed by atoms with Crippen LogP contribution in [0.5, 0.6) is 0 Å². The maximum atomic E-state index is 10.6. The third kappa shape index (κ3) is 1.90. The van der Waals surface area contributed by atoms with E-state index < -0.39 is 0 Å². The van der Waals surface area contributed by atoms with Crippen molar-refractivity contribution in [1.82, 2.24) is 9.55 Å². The van der Waals surface area contributed by atoms with E-state index in [0.29, 0.717) is 0 Å². The molecule has 0 atom stereocenters. The molecule has 4 nitrogen and oxygen atoms in total. The number of rotatable bonds is 3. The molecule has 1 fully saturated rings. The van der Waals surface area contributed by atoms with Gasteiger partial charge in [-0.2, -0.15) is 4.99 Å². The van der Waals surface area contributed by atoms with E-state index in [1.165, 1.54) is 0 Å². The minimum atomic E-state index is -0.341. The molecular formula is C15H15N3O. The van der Waals surface area contributed by atoms with Gasteiger partial charge in [0.15, 0.2) is 0 Å². The second kappa shape index (κ2) is 4.48. The fourth-order valence-electron chi connectivity index (χ4n) is 2.66. The van der Waals surface area contributed by atoms with Gasteiger partial charge in [-0.15, -0.1) is 0 Å². The molecule has 1 aliphatic rings. The highest BCUT2D eigenvalue weighted by atomic mass is 16.1. The van der Waals surface area contributed by atoms with E-state index in [4.69, 9.17) is 0 Å². The van der Waals surface area contributed by atoms with Gasteiger partial charge in [-0.3, -0.25) is 0 Å². The molecule has 0 N–H and O–H groups in total. The van der Waals surface area contributed by atoms with Gasteiger partial charge in [0.2, 0.25) is 6.08 Å². The van der Waals surface area contributed by atoms with Crippen LogP contribution in [0.25, 0.3) is 5.69 Å². The lowest BCUT2D eigenvalue weighted by atomic mass is 9.72. The first-order valence-corrected chi connectivity index (χ1v) is 6.45. The summed E-state index contributed by atoms with van der Waals surface area (Å²) in [5.41, 5.74) is 1.80. The fraction of sp³-hybridized carbons (Fsp3) is 0.333. The molecule has 1 saturated carbocycles. The minimum Gasteiger partial charge on any atom is -0.304 e. The van der Waals surface area contributed by atoms with Crippen molar-refractivity contribution in [3.05, 3.63) is 48.0 Å². The van der Waals surface area contributed by atoms with Crippen molar-refractivity contribution < 1.29 is 4.79 Å². The van der Waals surface area contributed by atoms with Crippen molar-refractivity contribution in [2.24, 2.45) is 4.99 Å². The number of imidazole rings is 1. The lowest BCUT2D eigenvalue weighted by Crippen LogP contribution is -2.31. The Balaban J connectivity index is 2.05. The van der Waals surface area contributed by atoms with Crippen LogP contribution in [0.1, 0.15) is 30.7 Å². The third-order valence-corrected chi connectivity index (χ3v) is 3.93. The number of aromatic nitrogens is 2. The molecule has 0 aliphatic heterocycles. The number of hydrogen-bond acceptors (Lipinski definition) is 3. The Morgan fingerprint density at radius 3 is 2.84 bits per heavy atom. The zero-order valence-corrected chi connectivity index (χ0v) is 10.8. The normalized spacial score (nSPS) is 16.5. The zero-order valence-electron chi connectivity index (χ0n) is 10.8. The molecule has 0 saturated heterocycles. The van der Waals surface area contributed by atoms with Gasteiger partial charge in [-0.25, -0.2) is 9.78 Å². The van der Waals surface area contributed by atoms with Crippen LogP contribution in [0.15, 0.2) is 41.7 Å². The second-order valence-electron chi connectivity index (χ2n) is 4.98. The predicted octanol–water partition coefficient (Wildman–Crippen LogP) is 2.90. The van der Waals surface area contributed by atoms with Gasteiger partial charge in [0.1, 0.15) is 5.82 Å². The topological polar surface area (TPSA) is 47.2 Å². The van der Waals surface area contributed by atoms with Gasteiger partial charge in [-0.1, -0.05) is 12.1 Å². The Morgan fingerprint density at radius 2 is 2.26 bits per heavy atom. The summed E-state index contributed by atoms with van der Waals surface area (Å²) in [5, 5.41) is 0. The molecule has 19 heavy (non-hydrogen) atoms. The van der Waals surface area contributed by atoms with E-state index in [1.54, 1.807) is 12.3 Å². The van der Waals surface area contributed by atoms with E-state index in [0.717, 1.165) is 36.3 Å². The highest BCUT2D eigenvalue weighted by Crippen LogP contribution is 2.45. The summed E-state index contributed by atoms with van der Waals surface area (Å²) >= 11 is 0. The Kier molecular flexibility index (Phi) is 2.80. The van der Waals surface area contributed by atoms with E-state index in [9.17, 15) is 4.79 Å². The van der Waals surface area contributed by atoms with Crippen LogP contribution in [0, 0.1) is 6.92 Å². The third-order valence-electron chi connectivity index (χ3n) is 3.93. The number of carbonyl (C=O) groups excluding carboxylic acids is 1. The number of nitrogens with zero attached hydrogens (tertiary/aromatic N) is 3. The van der Waals surface area contributed by atoms with Crippen LogP contribution in [0.4, 0.5) is 0 Å². The van der Waals surface area contributed by atoms with Crippen molar-refractivity contribution in [1.29, 1.82) is 0 Å². The van der Waals surface area contributed by atoms with Gasteiger partial charge in [0, 0.05) is 18.1 Å². The first-order chi connectivity index (χ1) is 9.25. The van der Waals surface area contributed by atoms with Crippen LogP contribution in [-0.2, 0) is 10.3 Å². The molecule has 0 bridgehead atoms. The van der Waals surface area contributed by atoms with Crippen molar-refractivity contribution in [3.8, 4) is 5.69 Å². The molecule has 0 amide bonds. The lowest BCUT2D eigenvalue weighted by Gasteiger charge is -2.37. The summed E-state index contributed by atoms with van der Waals surface area (Å²) in [7, 11) is 0. The van der Waals surface area contributed by atoms with E-state index in [2.05, 4.69) is 16.0 Å². The molecule has 1 aromatic carbocycles. The summed E-state index contributed by atoms with van der Waals surface area (Å²) in [5.74, 6) is 0.943. The maximum Gasteiger partial charge on any atom is 0.235 e. The van der Waals surface area contributed by atoms with Crippen LogP contribution in [-0.4, -0.2) is 15.6 Å². The van der Waals surface area contributed by atoms with Gasteiger partial charge in [0.05, 0.1) is 5.54 Å². The summed E-state index contributed by atoms with van der Waals surface area (Å²) < 4.78 is 2.03. The highest BCUT2D eigenvalue weighted by molar-refractivity contribution is 5.44. The number of aliphatic imine (C=N–C) groups is 1. The Morgan fingerprint density at radius 1 is 1.42 bits per heavy atom. The van der Waals surface area contributed by atoms with Crippen LogP contribution in [0.2, 0.25) is 0 Å². The fourth-order valence-corrected chi connectivity index (χ4v) is 2.66. The summed E-state index contributed by atoms with van der Waals surface area (Å²) in [6.07, 6.45) is 8.41. The monoisotopic (exact) mass is 253 g/mol. The van der Waals surface area contributed by atoms with Crippen molar-refractivity contribution in [2.75, 3.05) is 0 Å². The lowest BCUT2D eigenvalue weighted by molar-refractivity contribution is 0.256.